The third-order valence-corrected chi connectivity index (χ3v) is 3.72. The number of likely N-dealkylation sites (tertiary alicyclic amines) is 1. The lowest BCUT2D eigenvalue weighted by Crippen LogP contribution is -2.31. The monoisotopic (exact) mass is 265 g/mol. The number of rotatable bonds is 6. The van der Waals surface area contributed by atoms with Crippen molar-refractivity contribution in [1.29, 1.82) is 0 Å². The van der Waals surface area contributed by atoms with Crippen LogP contribution in [0.15, 0.2) is 24.3 Å². The van der Waals surface area contributed by atoms with Crippen LogP contribution in [0, 0.1) is 0 Å². The smallest absolute Gasteiger partial charge is 0.0714 e. The maximum atomic E-state index is 9.45. The van der Waals surface area contributed by atoms with Gasteiger partial charge in [-0.25, -0.2) is 0 Å². The first-order valence-electron chi connectivity index (χ1n) is 6.71. The van der Waals surface area contributed by atoms with E-state index in [4.69, 9.17) is 9.47 Å². The standard InChI is InChI=1S/C15H23NO3/c1-18-11-13-5-3-4-12(6-13)8-16-9-15(19-2)7-14(16)10-17/h3-6,14-15,17H,7-11H2,1-2H3/t14-,15-/m0/s1. The van der Waals surface area contributed by atoms with Crippen LogP contribution in [-0.2, 0) is 22.6 Å². The van der Waals surface area contributed by atoms with Crippen molar-refractivity contribution < 1.29 is 14.6 Å². The van der Waals surface area contributed by atoms with Crippen molar-refractivity contribution in [1.82, 2.24) is 4.90 Å². The fraction of sp³-hybridized carbons (Fsp3) is 0.600. The molecule has 106 valence electrons. The fourth-order valence-corrected chi connectivity index (χ4v) is 2.71. The quantitative estimate of drug-likeness (QED) is 0.844. The van der Waals surface area contributed by atoms with Crippen LogP contribution >= 0.6 is 0 Å². The molecule has 1 aromatic rings. The van der Waals surface area contributed by atoms with Crippen molar-refractivity contribution in [2.75, 3.05) is 27.4 Å². The van der Waals surface area contributed by atoms with Gasteiger partial charge in [-0.3, -0.25) is 4.90 Å². The number of hydrogen-bond acceptors (Lipinski definition) is 4. The molecule has 0 bridgehead atoms. The van der Waals surface area contributed by atoms with Gasteiger partial charge < -0.3 is 14.6 Å². The largest absolute Gasteiger partial charge is 0.395 e. The molecule has 1 saturated heterocycles. The fourth-order valence-electron chi connectivity index (χ4n) is 2.71. The van der Waals surface area contributed by atoms with E-state index in [1.807, 2.05) is 0 Å². The van der Waals surface area contributed by atoms with Crippen LogP contribution in [0.4, 0.5) is 0 Å². The Morgan fingerprint density at radius 3 is 2.79 bits per heavy atom. The van der Waals surface area contributed by atoms with Crippen molar-refractivity contribution >= 4 is 0 Å². The van der Waals surface area contributed by atoms with Crippen molar-refractivity contribution in [2.24, 2.45) is 0 Å². The summed E-state index contributed by atoms with van der Waals surface area (Å²) in [6.07, 6.45) is 1.14. The van der Waals surface area contributed by atoms with Gasteiger partial charge in [0, 0.05) is 33.4 Å². The molecule has 0 amide bonds. The van der Waals surface area contributed by atoms with E-state index < -0.39 is 0 Å². The summed E-state index contributed by atoms with van der Waals surface area (Å²) in [6, 6.07) is 8.61. The van der Waals surface area contributed by atoms with E-state index in [0.29, 0.717) is 6.61 Å². The highest BCUT2D eigenvalue weighted by molar-refractivity contribution is 5.23. The molecule has 0 saturated carbocycles. The maximum Gasteiger partial charge on any atom is 0.0714 e. The Kier molecular flexibility index (Phi) is 5.34. The minimum atomic E-state index is 0.192. The van der Waals surface area contributed by atoms with E-state index in [-0.39, 0.29) is 18.8 Å². The minimum Gasteiger partial charge on any atom is -0.395 e. The van der Waals surface area contributed by atoms with Gasteiger partial charge in [-0.1, -0.05) is 24.3 Å². The van der Waals surface area contributed by atoms with Gasteiger partial charge >= 0.3 is 0 Å². The molecule has 1 aliphatic rings. The highest BCUT2D eigenvalue weighted by Crippen LogP contribution is 2.22. The molecule has 1 aromatic carbocycles. The number of aliphatic hydroxyl groups excluding tert-OH is 1. The molecule has 0 spiro atoms. The van der Waals surface area contributed by atoms with Gasteiger partial charge in [0.15, 0.2) is 0 Å². The molecule has 0 unspecified atom stereocenters. The Bertz CT molecular complexity index is 397. The number of aliphatic hydroxyl groups is 1. The third kappa shape index (κ3) is 3.76. The van der Waals surface area contributed by atoms with Gasteiger partial charge in [-0.2, -0.15) is 0 Å². The van der Waals surface area contributed by atoms with Gasteiger partial charge in [0.25, 0.3) is 0 Å². The zero-order chi connectivity index (χ0) is 13.7. The first-order valence-corrected chi connectivity index (χ1v) is 6.71. The van der Waals surface area contributed by atoms with Crippen LogP contribution in [0.25, 0.3) is 0 Å². The molecule has 4 heteroatoms. The summed E-state index contributed by atoms with van der Waals surface area (Å²) in [5.74, 6) is 0. The molecule has 0 aromatic heterocycles. The number of nitrogens with zero attached hydrogens (tertiary/aromatic N) is 1. The highest BCUT2D eigenvalue weighted by Gasteiger charge is 2.31. The molecule has 2 atom stereocenters. The Balaban J connectivity index is 2.01. The summed E-state index contributed by atoms with van der Waals surface area (Å²) in [6.45, 7) is 2.56. The first-order chi connectivity index (χ1) is 9.26. The Morgan fingerprint density at radius 1 is 1.32 bits per heavy atom. The zero-order valence-electron chi connectivity index (χ0n) is 11.7. The van der Waals surface area contributed by atoms with E-state index >= 15 is 0 Å². The summed E-state index contributed by atoms with van der Waals surface area (Å²) in [7, 11) is 3.44. The van der Waals surface area contributed by atoms with E-state index in [2.05, 4.69) is 29.2 Å². The molecule has 1 heterocycles. The summed E-state index contributed by atoms with van der Waals surface area (Å²) < 4.78 is 10.6. The lowest BCUT2D eigenvalue weighted by atomic mass is 10.1. The number of hydrogen-bond donors (Lipinski definition) is 1. The molecule has 19 heavy (non-hydrogen) atoms. The van der Waals surface area contributed by atoms with Crippen molar-refractivity contribution in [2.45, 2.75) is 31.7 Å². The summed E-state index contributed by atoms with van der Waals surface area (Å²) in [4.78, 5) is 2.29. The normalized spacial score (nSPS) is 23.9. The maximum absolute atomic E-state index is 9.45. The minimum absolute atomic E-state index is 0.192. The molecule has 1 fully saturated rings. The van der Waals surface area contributed by atoms with Crippen LogP contribution in [-0.4, -0.2) is 49.5 Å². The molecule has 0 aliphatic carbocycles. The lowest BCUT2D eigenvalue weighted by molar-refractivity contribution is 0.107. The van der Waals surface area contributed by atoms with E-state index in [0.717, 1.165) is 19.5 Å². The van der Waals surface area contributed by atoms with Crippen LogP contribution < -0.4 is 0 Å². The van der Waals surface area contributed by atoms with Gasteiger partial charge in [0.1, 0.15) is 0 Å². The second-order valence-corrected chi connectivity index (χ2v) is 5.11. The Labute approximate surface area is 114 Å². The lowest BCUT2D eigenvalue weighted by Gasteiger charge is -2.22. The zero-order valence-corrected chi connectivity index (χ0v) is 11.7. The number of benzene rings is 1. The van der Waals surface area contributed by atoms with Crippen LogP contribution in [0.2, 0.25) is 0 Å². The molecular weight excluding hydrogens is 242 g/mol. The van der Waals surface area contributed by atoms with Crippen molar-refractivity contribution in [3.05, 3.63) is 35.4 Å². The predicted octanol–water partition coefficient (Wildman–Crippen LogP) is 1.41. The SMILES string of the molecule is COCc1cccc(CN2C[C@@H](OC)C[C@H]2CO)c1. The molecule has 0 radical (unpaired) electrons. The van der Waals surface area contributed by atoms with Crippen LogP contribution in [0.3, 0.4) is 0 Å². The van der Waals surface area contributed by atoms with E-state index in [1.165, 1.54) is 11.1 Å². The second kappa shape index (κ2) is 7.01. The van der Waals surface area contributed by atoms with E-state index in [1.54, 1.807) is 14.2 Å². The molecule has 1 N–H and O–H groups in total. The van der Waals surface area contributed by atoms with E-state index in [9.17, 15) is 5.11 Å². The van der Waals surface area contributed by atoms with Gasteiger partial charge in [0.2, 0.25) is 0 Å². The van der Waals surface area contributed by atoms with Gasteiger partial charge in [0.05, 0.1) is 19.3 Å². The molecule has 4 nitrogen and oxygen atoms in total. The van der Waals surface area contributed by atoms with Gasteiger partial charge in [-0.05, 0) is 17.5 Å². The van der Waals surface area contributed by atoms with Crippen molar-refractivity contribution in [3.8, 4) is 0 Å². The Hall–Kier alpha value is -0.940. The molecule has 2 rings (SSSR count). The van der Waals surface area contributed by atoms with Crippen LogP contribution in [0.5, 0.6) is 0 Å². The van der Waals surface area contributed by atoms with Crippen LogP contribution in [0.1, 0.15) is 17.5 Å². The second-order valence-electron chi connectivity index (χ2n) is 5.11. The Morgan fingerprint density at radius 2 is 2.11 bits per heavy atom. The topological polar surface area (TPSA) is 41.9 Å². The van der Waals surface area contributed by atoms with Crippen molar-refractivity contribution in [3.63, 3.8) is 0 Å². The number of methoxy groups -OCH3 is 2. The van der Waals surface area contributed by atoms with Gasteiger partial charge in [-0.15, -0.1) is 0 Å². The molecular formula is C15H23NO3. The summed E-state index contributed by atoms with van der Waals surface area (Å²) >= 11 is 0. The first kappa shape index (κ1) is 14.5. The third-order valence-electron chi connectivity index (χ3n) is 3.72. The highest BCUT2D eigenvalue weighted by atomic mass is 16.5. The average molecular weight is 265 g/mol. The summed E-state index contributed by atoms with van der Waals surface area (Å²) in [5, 5.41) is 9.45. The number of ether oxygens (including phenoxy) is 2. The predicted molar refractivity (Wildman–Crippen MR) is 73.9 cm³/mol. The molecule has 1 aliphatic heterocycles. The average Bonchev–Trinajstić information content (AvgIpc) is 2.82. The summed E-state index contributed by atoms with van der Waals surface area (Å²) in [5.41, 5.74) is 2.44.